The van der Waals surface area contributed by atoms with E-state index < -0.39 is 23.3 Å². The van der Waals surface area contributed by atoms with Gasteiger partial charge < -0.3 is 19.2 Å². The summed E-state index contributed by atoms with van der Waals surface area (Å²) in [6.45, 7) is 7.65. The lowest BCUT2D eigenvalue weighted by Gasteiger charge is -2.25. The Kier molecular flexibility index (Phi) is 7.55. The van der Waals surface area contributed by atoms with Crippen LogP contribution in [0.5, 0.6) is 5.75 Å². The van der Waals surface area contributed by atoms with Gasteiger partial charge in [-0.1, -0.05) is 35.6 Å². The third kappa shape index (κ3) is 6.19. The molecule has 0 saturated heterocycles. The van der Waals surface area contributed by atoms with Gasteiger partial charge in [0.15, 0.2) is 5.60 Å². The molecule has 200 valence electrons. The number of thiazole rings is 1. The third-order valence-corrected chi connectivity index (χ3v) is 7.21. The van der Waals surface area contributed by atoms with Crippen LogP contribution >= 0.6 is 11.3 Å². The number of ether oxygens (including phenoxy) is 1. The van der Waals surface area contributed by atoms with Crippen LogP contribution in [0.3, 0.4) is 0 Å². The van der Waals surface area contributed by atoms with E-state index in [2.05, 4.69) is 9.88 Å². The molecule has 0 amide bonds. The highest BCUT2D eigenvalue weighted by molar-refractivity contribution is 7.19. The lowest BCUT2D eigenvalue weighted by Crippen LogP contribution is -2.38. The zero-order valence-corrected chi connectivity index (χ0v) is 22.1. The number of rotatable bonds is 9. The average molecular weight is 545 g/mol. The van der Waals surface area contributed by atoms with Gasteiger partial charge in [-0.25, -0.2) is 9.78 Å². The summed E-state index contributed by atoms with van der Waals surface area (Å²) in [5.74, 6) is 0.168. The van der Waals surface area contributed by atoms with Crippen LogP contribution in [0.1, 0.15) is 42.0 Å². The number of hydrogen-bond acceptors (Lipinski definition) is 6. The second kappa shape index (κ2) is 10.5. The zero-order valence-electron chi connectivity index (χ0n) is 21.3. The summed E-state index contributed by atoms with van der Waals surface area (Å²) in [5.41, 5.74) is 1.03. The fourth-order valence-electron chi connectivity index (χ4n) is 3.86. The standard InChI is InChI=1S/C28H27F3N2O4S/c1-17-14-19(7-12-23(17)37-27(3,4)26(34)35)15-33(16-22-6-5-13-36-22)25-18(2)32-24(38-25)20-8-10-21(11-9-20)28(29,30)31/h5-14H,15-16H2,1-4H3,(H,34,35). The van der Waals surface area contributed by atoms with Crippen molar-refractivity contribution in [3.05, 3.63) is 89.0 Å². The van der Waals surface area contributed by atoms with E-state index >= 15 is 0 Å². The van der Waals surface area contributed by atoms with Gasteiger partial charge in [-0.3, -0.25) is 0 Å². The number of aromatic nitrogens is 1. The normalized spacial score (nSPS) is 12.0. The van der Waals surface area contributed by atoms with E-state index in [0.29, 0.717) is 29.4 Å². The third-order valence-electron chi connectivity index (χ3n) is 5.94. The predicted octanol–water partition coefficient (Wildman–Crippen LogP) is 7.49. The molecule has 2 aromatic heterocycles. The minimum absolute atomic E-state index is 0.450. The fraction of sp³-hybridized carbons (Fsp3) is 0.286. The van der Waals surface area contributed by atoms with Gasteiger partial charge in [0.05, 0.1) is 24.1 Å². The zero-order chi connectivity index (χ0) is 27.7. The molecule has 2 heterocycles. The van der Waals surface area contributed by atoms with Gasteiger partial charge >= 0.3 is 12.1 Å². The number of alkyl halides is 3. The monoisotopic (exact) mass is 544 g/mol. The molecule has 0 spiro atoms. The number of aliphatic carboxylic acids is 1. The molecular weight excluding hydrogens is 517 g/mol. The van der Waals surface area contributed by atoms with Crippen molar-refractivity contribution in [1.29, 1.82) is 0 Å². The van der Waals surface area contributed by atoms with Crippen molar-refractivity contribution in [3.63, 3.8) is 0 Å². The maximum absolute atomic E-state index is 13.0. The molecule has 2 aromatic carbocycles. The SMILES string of the molecule is Cc1cc(CN(Cc2ccco2)c2sc(-c3ccc(C(F)(F)F)cc3)nc2C)ccc1OC(C)(C)C(=O)O. The minimum atomic E-state index is -4.40. The Balaban J connectivity index is 1.62. The van der Waals surface area contributed by atoms with Crippen molar-refractivity contribution in [2.24, 2.45) is 0 Å². The molecule has 6 nitrogen and oxygen atoms in total. The van der Waals surface area contributed by atoms with E-state index in [9.17, 15) is 23.1 Å². The van der Waals surface area contributed by atoms with Crippen LogP contribution in [0.15, 0.2) is 65.3 Å². The van der Waals surface area contributed by atoms with Crippen molar-refractivity contribution in [2.45, 2.75) is 52.6 Å². The van der Waals surface area contributed by atoms with E-state index in [1.54, 1.807) is 18.4 Å². The number of benzene rings is 2. The van der Waals surface area contributed by atoms with E-state index in [-0.39, 0.29) is 0 Å². The summed E-state index contributed by atoms with van der Waals surface area (Å²) in [4.78, 5) is 18.2. The number of nitrogens with zero attached hydrogens (tertiary/aromatic N) is 2. The van der Waals surface area contributed by atoms with Gasteiger partial charge in [0, 0.05) is 12.1 Å². The van der Waals surface area contributed by atoms with E-state index in [1.165, 1.54) is 37.3 Å². The van der Waals surface area contributed by atoms with Crippen LogP contribution in [0, 0.1) is 13.8 Å². The molecule has 0 unspecified atom stereocenters. The van der Waals surface area contributed by atoms with Crippen molar-refractivity contribution in [1.82, 2.24) is 4.98 Å². The number of carbonyl (C=O) groups is 1. The molecule has 4 aromatic rings. The Morgan fingerprint density at radius 1 is 1.08 bits per heavy atom. The number of halogens is 3. The van der Waals surface area contributed by atoms with E-state index in [4.69, 9.17) is 9.15 Å². The van der Waals surface area contributed by atoms with Gasteiger partial charge in [0.25, 0.3) is 0 Å². The first kappa shape index (κ1) is 27.3. The molecule has 4 rings (SSSR count). The maximum Gasteiger partial charge on any atom is 0.416 e. The number of carboxylic acids is 1. The predicted molar refractivity (Wildman–Crippen MR) is 139 cm³/mol. The van der Waals surface area contributed by atoms with E-state index in [0.717, 1.165) is 39.7 Å². The maximum atomic E-state index is 13.0. The van der Waals surface area contributed by atoms with Crippen molar-refractivity contribution in [2.75, 3.05) is 4.90 Å². The highest BCUT2D eigenvalue weighted by Gasteiger charge is 2.31. The molecule has 38 heavy (non-hydrogen) atoms. The Morgan fingerprint density at radius 2 is 1.79 bits per heavy atom. The number of carboxylic acid groups (broad SMARTS) is 1. The Morgan fingerprint density at radius 3 is 2.37 bits per heavy atom. The van der Waals surface area contributed by atoms with Crippen LogP contribution in [-0.2, 0) is 24.1 Å². The van der Waals surface area contributed by atoms with Crippen LogP contribution in [0.4, 0.5) is 18.2 Å². The quantitative estimate of drug-likeness (QED) is 0.235. The van der Waals surface area contributed by atoms with Crippen molar-refractivity contribution >= 4 is 22.3 Å². The second-order valence-electron chi connectivity index (χ2n) is 9.44. The molecule has 0 bridgehead atoms. The molecule has 0 saturated carbocycles. The number of furan rings is 1. The molecule has 1 N–H and O–H groups in total. The Bertz CT molecular complexity index is 1410. The molecule has 0 aliphatic rings. The molecular formula is C28H27F3N2O4S. The van der Waals surface area contributed by atoms with Gasteiger partial charge in [-0.15, -0.1) is 0 Å². The van der Waals surface area contributed by atoms with Crippen LogP contribution in [-0.4, -0.2) is 21.7 Å². The summed E-state index contributed by atoms with van der Waals surface area (Å²) in [5, 5.41) is 10.9. The fourth-order valence-corrected chi connectivity index (χ4v) is 4.93. The minimum Gasteiger partial charge on any atom is -0.478 e. The molecule has 0 fully saturated rings. The second-order valence-corrected chi connectivity index (χ2v) is 10.4. The first-order chi connectivity index (χ1) is 17.8. The van der Waals surface area contributed by atoms with Gasteiger partial charge in [-0.2, -0.15) is 13.2 Å². The summed E-state index contributed by atoms with van der Waals surface area (Å²) in [6, 6.07) is 14.2. The molecule has 0 aliphatic carbocycles. The Hall–Kier alpha value is -3.79. The summed E-state index contributed by atoms with van der Waals surface area (Å²) >= 11 is 1.40. The summed E-state index contributed by atoms with van der Waals surface area (Å²) in [7, 11) is 0. The van der Waals surface area contributed by atoms with E-state index in [1.807, 2.05) is 32.0 Å². The van der Waals surface area contributed by atoms with Crippen molar-refractivity contribution < 1.29 is 32.2 Å². The summed E-state index contributed by atoms with van der Waals surface area (Å²) < 4.78 is 50.3. The molecule has 0 aliphatic heterocycles. The number of anilines is 1. The van der Waals surface area contributed by atoms with Gasteiger partial charge in [0.2, 0.25) is 0 Å². The Labute approximate surface area is 222 Å². The van der Waals surface area contributed by atoms with Crippen LogP contribution in [0.2, 0.25) is 0 Å². The first-order valence-electron chi connectivity index (χ1n) is 11.8. The molecule has 10 heteroatoms. The smallest absolute Gasteiger partial charge is 0.416 e. The molecule has 0 radical (unpaired) electrons. The largest absolute Gasteiger partial charge is 0.478 e. The van der Waals surface area contributed by atoms with Gasteiger partial charge in [0.1, 0.15) is 21.5 Å². The lowest BCUT2D eigenvalue weighted by molar-refractivity contribution is -0.152. The highest BCUT2D eigenvalue weighted by atomic mass is 32.1. The van der Waals surface area contributed by atoms with Crippen LogP contribution in [0.25, 0.3) is 10.6 Å². The van der Waals surface area contributed by atoms with Crippen molar-refractivity contribution in [3.8, 4) is 16.3 Å². The molecule has 0 atom stereocenters. The first-order valence-corrected chi connectivity index (χ1v) is 12.6. The summed E-state index contributed by atoms with van der Waals surface area (Å²) in [6.07, 6.45) is -2.80. The number of aryl methyl sites for hydroxylation is 2. The topological polar surface area (TPSA) is 75.8 Å². The highest BCUT2D eigenvalue weighted by Crippen LogP contribution is 2.38. The van der Waals surface area contributed by atoms with Crippen LogP contribution < -0.4 is 9.64 Å². The van der Waals surface area contributed by atoms with Gasteiger partial charge in [-0.05, 0) is 69.2 Å². The average Bonchev–Trinajstić information content (AvgIpc) is 3.49. The number of hydrogen-bond donors (Lipinski definition) is 1. The lowest BCUT2D eigenvalue weighted by atomic mass is 10.1.